The normalized spacial score (nSPS) is 12.9. The van der Waals surface area contributed by atoms with Crippen LogP contribution >= 0.6 is 0 Å². The van der Waals surface area contributed by atoms with E-state index in [4.69, 9.17) is 5.11 Å². The molecule has 0 aliphatic rings. The zero-order valence-electron chi connectivity index (χ0n) is 8.90. The number of aliphatic hydroxyl groups is 1. The predicted octanol–water partition coefficient (Wildman–Crippen LogP) is 3.11. The van der Waals surface area contributed by atoms with Gasteiger partial charge in [0.2, 0.25) is 0 Å². The summed E-state index contributed by atoms with van der Waals surface area (Å²) >= 11 is 0. The van der Waals surface area contributed by atoms with Crippen molar-refractivity contribution in [1.82, 2.24) is 0 Å². The Kier molecular flexibility index (Phi) is 3.28. The molecule has 0 amide bonds. The lowest BCUT2D eigenvalue weighted by molar-refractivity contribution is -0.141. The minimum atomic E-state index is -4.76. The molecule has 0 fully saturated rings. The van der Waals surface area contributed by atoms with Gasteiger partial charge in [-0.05, 0) is 11.6 Å². The first-order chi connectivity index (χ1) is 7.20. The highest BCUT2D eigenvalue weighted by Gasteiger charge is 2.40. The average molecular weight is 236 g/mol. The molecule has 1 rings (SSSR count). The Balaban J connectivity index is 3.47. The van der Waals surface area contributed by atoms with Crippen molar-refractivity contribution in [2.75, 3.05) is 6.61 Å². The standard InChI is InChI=1S/C11H12F4O/c1-10(2,6-16)7-4-3-5-8(12)9(7)11(13,14)15/h3-5,16H,6H2,1-2H3. The van der Waals surface area contributed by atoms with Crippen LogP contribution in [0.3, 0.4) is 0 Å². The zero-order chi connectivity index (χ0) is 12.6. The number of hydrogen-bond donors (Lipinski definition) is 1. The quantitative estimate of drug-likeness (QED) is 0.782. The van der Waals surface area contributed by atoms with Crippen LogP contribution in [0.4, 0.5) is 17.6 Å². The molecule has 0 aliphatic heterocycles. The number of alkyl halides is 3. The van der Waals surface area contributed by atoms with Gasteiger partial charge in [0.15, 0.2) is 0 Å². The Morgan fingerprint density at radius 2 is 1.75 bits per heavy atom. The molecule has 1 aromatic carbocycles. The second-order valence-corrected chi connectivity index (χ2v) is 4.20. The molecule has 0 radical (unpaired) electrons. The second-order valence-electron chi connectivity index (χ2n) is 4.20. The molecular formula is C11H12F4O. The van der Waals surface area contributed by atoms with Crippen LogP contribution in [-0.2, 0) is 11.6 Å². The van der Waals surface area contributed by atoms with Gasteiger partial charge < -0.3 is 5.11 Å². The van der Waals surface area contributed by atoms with Crippen molar-refractivity contribution in [3.8, 4) is 0 Å². The maximum atomic E-state index is 13.2. The van der Waals surface area contributed by atoms with E-state index in [-0.39, 0.29) is 5.56 Å². The van der Waals surface area contributed by atoms with Crippen LogP contribution in [0.15, 0.2) is 18.2 Å². The van der Waals surface area contributed by atoms with E-state index in [0.29, 0.717) is 0 Å². The van der Waals surface area contributed by atoms with Gasteiger partial charge in [0.1, 0.15) is 5.82 Å². The van der Waals surface area contributed by atoms with Crippen molar-refractivity contribution in [2.24, 2.45) is 0 Å². The largest absolute Gasteiger partial charge is 0.419 e. The lowest BCUT2D eigenvalue weighted by Crippen LogP contribution is -2.27. The van der Waals surface area contributed by atoms with E-state index in [0.717, 1.165) is 6.07 Å². The van der Waals surface area contributed by atoms with Crippen LogP contribution in [0.5, 0.6) is 0 Å². The van der Waals surface area contributed by atoms with Gasteiger partial charge in [-0.25, -0.2) is 4.39 Å². The molecule has 0 spiro atoms. The maximum Gasteiger partial charge on any atom is 0.419 e. The smallest absolute Gasteiger partial charge is 0.395 e. The van der Waals surface area contributed by atoms with E-state index in [1.807, 2.05) is 0 Å². The number of halogens is 4. The fraction of sp³-hybridized carbons (Fsp3) is 0.455. The molecule has 0 bridgehead atoms. The fourth-order valence-corrected chi connectivity index (χ4v) is 1.46. The van der Waals surface area contributed by atoms with Crippen LogP contribution in [0.2, 0.25) is 0 Å². The first-order valence-corrected chi connectivity index (χ1v) is 4.67. The number of benzene rings is 1. The topological polar surface area (TPSA) is 20.2 Å². The average Bonchev–Trinajstić information content (AvgIpc) is 2.15. The minimum Gasteiger partial charge on any atom is -0.395 e. The number of hydrogen-bond acceptors (Lipinski definition) is 1. The van der Waals surface area contributed by atoms with E-state index in [9.17, 15) is 17.6 Å². The molecule has 0 saturated heterocycles. The summed E-state index contributed by atoms with van der Waals surface area (Å²) in [6, 6.07) is 3.15. The monoisotopic (exact) mass is 236 g/mol. The van der Waals surface area contributed by atoms with Gasteiger partial charge in [-0.3, -0.25) is 0 Å². The molecular weight excluding hydrogens is 224 g/mol. The van der Waals surface area contributed by atoms with Crippen molar-refractivity contribution >= 4 is 0 Å². The number of aliphatic hydroxyl groups excluding tert-OH is 1. The third kappa shape index (κ3) is 2.35. The van der Waals surface area contributed by atoms with Crippen LogP contribution < -0.4 is 0 Å². The zero-order valence-corrected chi connectivity index (χ0v) is 8.90. The van der Waals surface area contributed by atoms with Gasteiger partial charge in [0.05, 0.1) is 12.2 Å². The van der Waals surface area contributed by atoms with E-state index in [1.165, 1.54) is 26.0 Å². The molecule has 0 heterocycles. The summed E-state index contributed by atoms with van der Waals surface area (Å²) < 4.78 is 51.2. The van der Waals surface area contributed by atoms with E-state index < -0.39 is 29.6 Å². The summed E-state index contributed by atoms with van der Waals surface area (Å²) in [5, 5.41) is 9.04. The highest BCUT2D eigenvalue weighted by molar-refractivity contribution is 5.36. The predicted molar refractivity (Wildman–Crippen MR) is 51.5 cm³/mol. The van der Waals surface area contributed by atoms with Gasteiger partial charge >= 0.3 is 6.18 Å². The summed E-state index contributed by atoms with van der Waals surface area (Å²) in [5.74, 6) is -1.31. The Labute approximate surface area is 90.7 Å². The third-order valence-corrected chi connectivity index (χ3v) is 2.42. The van der Waals surface area contributed by atoms with Crippen LogP contribution in [0.25, 0.3) is 0 Å². The summed E-state index contributed by atoms with van der Waals surface area (Å²) in [6.45, 7) is 2.37. The van der Waals surface area contributed by atoms with Crippen molar-refractivity contribution < 1.29 is 22.7 Å². The van der Waals surface area contributed by atoms with Gasteiger partial charge in [-0.2, -0.15) is 13.2 Å². The molecule has 1 aromatic rings. The van der Waals surface area contributed by atoms with Crippen molar-refractivity contribution in [1.29, 1.82) is 0 Å². The third-order valence-electron chi connectivity index (χ3n) is 2.42. The lowest BCUT2D eigenvalue weighted by atomic mass is 9.82. The summed E-state index contributed by atoms with van der Waals surface area (Å²) in [4.78, 5) is 0. The first kappa shape index (κ1) is 13.0. The highest BCUT2D eigenvalue weighted by atomic mass is 19.4. The van der Waals surface area contributed by atoms with E-state index in [2.05, 4.69) is 0 Å². The molecule has 0 aromatic heterocycles. The highest BCUT2D eigenvalue weighted by Crippen LogP contribution is 2.38. The SMILES string of the molecule is CC(C)(CO)c1cccc(F)c1C(F)(F)F. The molecule has 5 heteroatoms. The maximum absolute atomic E-state index is 13.2. The molecule has 1 N–H and O–H groups in total. The summed E-state index contributed by atoms with van der Waals surface area (Å²) in [5.41, 5.74) is -2.66. The molecule has 0 saturated carbocycles. The van der Waals surface area contributed by atoms with E-state index >= 15 is 0 Å². The van der Waals surface area contributed by atoms with Gasteiger partial charge in [0.25, 0.3) is 0 Å². The van der Waals surface area contributed by atoms with Gasteiger partial charge in [-0.1, -0.05) is 26.0 Å². The first-order valence-electron chi connectivity index (χ1n) is 4.67. The van der Waals surface area contributed by atoms with Crippen LogP contribution in [-0.4, -0.2) is 11.7 Å². The Hall–Kier alpha value is -1.10. The number of rotatable bonds is 2. The van der Waals surface area contributed by atoms with Crippen molar-refractivity contribution in [2.45, 2.75) is 25.4 Å². The molecule has 90 valence electrons. The molecule has 16 heavy (non-hydrogen) atoms. The fourth-order valence-electron chi connectivity index (χ4n) is 1.46. The van der Waals surface area contributed by atoms with Crippen LogP contribution in [0.1, 0.15) is 25.0 Å². The summed E-state index contributed by atoms with van der Waals surface area (Å²) in [6.07, 6.45) is -4.76. The Morgan fingerprint density at radius 3 is 2.19 bits per heavy atom. The van der Waals surface area contributed by atoms with Gasteiger partial charge in [0, 0.05) is 5.41 Å². The van der Waals surface area contributed by atoms with Gasteiger partial charge in [-0.15, -0.1) is 0 Å². The van der Waals surface area contributed by atoms with Crippen molar-refractivity contribution in [3.05, 3.63) is 35.1 Å². The van der Waals surface area contributed by atoms with E-state index in [1.54, 1.807) is 0 Å². The Morgan fingerprint density at radius 1 is 1.19 bits per heavy atom. The molecule has 0 aliphatic carbocycles. The molecule has 0 unspecified atom stereocenters. The summed E-state index contributed by atoms with van der Waals surface area (Å²) in [7, 11) is 0. The Bertz CT molecular complexity index is 382. The molecule has 1 nitrogen and oxygen atoms in total. The lowest BCUT2D eigenvalue weighted by Gasteiger charge is -2.26. The van der Waals surface area contributed by atoms with Crippen molar-refractivity contribution in [3.63, 3.8) is 0 Å². The minimum absolute atomic E-state index is 0.234. The van der Waals surface area contributed by atoms with Crippen LogP contribution in [0, 0.1) is 5.82 Å². The molecule has 0 atom stereocenters. The second kappa shape index (κ2) is 4.05.